The number of thiophene rings is 1. The highest BCUT2D eigenvalue weighted by Crippen LogP contribution is 2.41. The van der Waals surface area contributed by atoms with E-state index >= 15 is 0 Å². The van der Waals surface area contributed by atoms with Crippen molar-refractivity contribution in [2.75, 3.05) is 20.2 Å². The van der Waals surface area contributed by atoms with Crippen LogP contribution in [-0.2, 0) is 23.1 Å². The smallest absolute Gasteiger partial charge is 0.497 e. The SMILES string of the molecule is COc1cccc(C(=O)NCc2ccc(S(=O)(=O)N3CCC(NCc4ccc5c(c4)OC(F)(F)O5)CC3)s2)c1.NC(=O)c1ccccc1. The van der Waals surface area contributed by atoms with E-state index in [1.165, 1.54) is 23.5 Å². The van der Waals surface area contributed by atoms with E-state index in [0.29, 0.717) is 49.4 Å². The van der Waals surface area contributed by atoms with Gasteiger partial charge in [-0.3, -0.25) is 9.59 Å². The number of nitrogens with one attached hydrogen (secondary N) is 2. The number of sulfonamides is 1. The fourth-order valence-corrected chi connectivity index (χ4v) is 7.94. The van der Waals surface area contributed by atoms with Gasteiger partial charge >= 0.3 is 6.29 Å². The van der Waals surface area contributed by atoms with E-state index in [-0.39, 0.29) is 40.1 Å². The van der Waals surface area contributed by atoms with Gasteiger partial charge in [0.15, 0.2) is 11.5 Å². The molecule has 4 aromatic rings. The second kappa shape index (κ2) is 15.1. The van der Waals surface area contributed by atoms with Gasteiger partial charge in [-0.05, 0) is 73.0 Å². The molecule has 1 saturated heterocycles. The van der Waals surface area contributed by atoms with Crippen molar-refractivity contribution >= 4 is 33.2 Å². The van der Waals surface area contributed by atoms with Gasteiger partial charge < -0.3 is 30.6 Å². The number of piperidine rings is 1. The minimum Gasteiger partial charge on any atom is -0.497 e. The standard InChI is InChI=1S/C26H27F2N3O6S2.C7H7NO/c1-35-20-4-2-3-18(14-20)25(32)30-16-21-6-8-24(38-21)39(33,34)31-11-9-19(10-12-31)29-15-17-5-7-22-23(13-17)37-26(27,28)36-22;8-7(9)6-4-2-1-3-5-6/h2-8,13-14,19,29H,9-12,15-16H2,1H3,(H,30,32);1-5H,(H2,8,9). The molecule has 0 radical (unpaired) electrons. The van der Waals surface area contributed by atoms with E-state index in [0.717, 1.165) is 21.8 Å². The number of hydrogen-bond acceptors (Lipinski definition) is 9. The lowest BCUT2D eigenvalue weighted by atomic mass is 10.1. The summed E-state index contributed by atoms with van der Waals surface area (Å²) in [5, 5.41) is 6.17. The van der Waals surface area contributed by atoms with Crippen molar-refractivity contribution in [2.45, 2.75) is 42.5 Å². The number of benzene rings is 3. The van der Waals surface area contributed by atoms with Gasteiger partial charge in [0.25, 0.3) is 15.9 Å². The van der Waals surface area contributed by atoms with Crippen LogP contribution in [0.5, 0.6) is 17.2 Å². The lowest BCUT2D eigenvalue weighted by molar-refractivity contribution is -0.286. The van der Waals surface area contributed by atoms with Crippen LogP contribution in [0.15, 0.2) is 89.1 Å². The van der Waals surface area contributed by atoms with Crippen LogP contribution in [0.1, 0.15) is 44.0 Å². The lowest BCUT2D eigenvalue weighted by Gasteiger charge is -2.31. The molecule has 2 amide bonds. The maximum absolute atomic E-state index is 13.2. The Morgan fingerprint density at radius 3 is 2.33 bits per heavy atom. The van der Waals surface area contributed by atoms with Crippen molar-refractivity contribution < 1.29 is 41.0 Å². The first-order chi connectivity index (χ1) is 22.9. The Hall–Kier alpha value is -4.57. The van der Waals surface area contributed by atoms with Gasteiger partial charge in [-0.2, -0.15) is 4.31 Å². The number of methoxy groups -OCH3 is 1. The maximum atomic E-state index is 13.2. The van der Waals surface area contributed by atoms with E-state index in [9.17, 15) is 26.8 Å². The third-order valence-electron chi connectivity index (χ3n) is 7.56. The van der Waals surface area contributed by atoms with Crippen molar-refractivity contribution in [3.05, 3.63) is 106 Å². The van der Waals surface area contributed by atoms with E-state index in [2.05, 4.69) is 20.1 Å². The molecule has 11 nitrogen and oxygen atoms in total. The molecule has 48 heavy (non-hydrogen) atoms. The molecule has 0 aliphatic carbocycles. The number of carbonyl (C=O) groups is 2. The van der Waals surface area contributed by atoms with Crippen LogP contribution in [0.25, 0.3) is 0 Å². The minimum atomic E-state index is -3.66. The second-order valence-electron chi connectivity index (χ2n) is 10.9. The predicted octanol–water partition coefficient (Wildman–Crippen LogP) is 4.74. The van der Waals surface area contributed by atoms with E-state index in [1.54, 1.807) is 66.7 Å². The molecule has 0 unspecified atom stereocenters. The molecule has 0 bridgehead atoms. The van der Waals surface area contributed by atoms with Crippen LogP contribution < -0.4 is 30.6 Å². The van der Waals surface area contributed by atoms with Crippen molar-refractivity contribution in [1.29, 1.82) is 0 Å². The summed E-state index contributed by atoms with van der Waals surface area (Å²) >= 11 is 1.14. The van der Waals surface area contributed by atoms with Crippen LogP contribution in [0.4, 0.5) is 8.78 Å². The van der Waals surface area contributed by atoms with Gasteiger partial charge in [0.1, 0.15) is 9.96 Å². The Balaban J connectivity index is 0.000000434. The third kappa shape index (κ3) is 8.86. The number of nitrogens with two attached hydrogens (primary N) is 1. The highest BCUT2D eigenvalue weighted by Gasteiger charge is 2.43. The topological polar surface area (TPSA) is 149 Å². The molecule has 0 spiro atoms. The molecule has 0 saturated carbocycles. The van der Waals surface area contributed by atoms with E-state index in [1.807, 2.05) is 6.07 Å². The highest BCUT2D eigenvalue weighted by molar-refractivity contribution is 7.91. The Labute approximate surface area is 280 Å². The monoisotopic (exact) mass is 700 g/mol. The van der Waals surface area contributed by atoms with Crippen molar-refractivity contribution in [3.63, 3.8) is 0 Å². The molecule has 1 fully saturated rings. The Kier molecular flexibility index (Phi) is 10.9. The van der Waals surface area contributed by atoms with Gasteiger partial charge in [0.2, 0.25) is 5.91 Å². The molecule has 3 aromatic carbocycles. The average Bonchev–Trinajstić information content (AvgIpc) is 3.70. The molecule has 2 aliphatic heterocycles. The van der Waals surface area contributed by atoms with Crippen LogP contribution in [-0.4, -0.2) is 57.1 Å². The minimum absolute atomic E-state index is 0.00163. The van der Waals surface area contributed by atoms with Crippen LogP contribution in [0.2, 0.25) is 0 Å². The Bertz CT molecular complexity index is 1850. The number of rotatable bonds is 10. The highest BCUT2D eigenvalue weighted by atomic mass is 32.2. The summed E-state index contributed by atoms with van der Waals surface area (Å²) in [5.41, 5.74) is 6.74. The average molecular weight is 701 g/mol. The summed E-state index contributed by atoms with van der Waals surface area (Å²) in [6.07, 6.45) is -2.44. The molecular weight excluding hydrogens is 667 g/mol. The Morgan fingerprint density at radius 2 is 1.65 bits per heavy atom. The molecule has 6 rings (SSSR count). The van der Waals surface area contributed by atoms with Gasteiger partial charge in [0.05, 0.1) is 13.7 Å². The number of alkyl halides is 2. The number of ether oxygens (including phenoxy) is 3. The zero-order valence-corrected chi connectivity index (χ0v) is 27.5. The second-order valence-corrected chi connectivity index (χ2v) is 14.2. The first-order valence-corrected chi connectivity index (χ1v) is 17.2. The molecule has 4 N–H and O–H groups in total. The van der Waals surface area contributed by atoms with Crippen LogP contribution >= 0.6 is 11.3 Å². The largest absolute Gasteiger partial charge is 0.586 e. The summed E-state index contributed by atoms with van der Waals surface area (Å²) in [5.74, 6) is -0.0874. The fourth-order valence-electron chi connectivity index (χ4n) is 5.02. The molecule has 15 heteroatoms. The first-order valence-electron chi connectivity index (χ1n) is 14.9. The maximum Gasteiger partial charge on any atom is 0.586 e. The van der Waals surface area contributed by atoms with Gasteiger partial charge in [0, 0.05) is 41.7 Å². The lowest BCUT2D eigenvalue weighted by Crippen LogP contribution is -2.44. The summed E-state index contributed by atoms with van der Waals surface area (Å²) in [7, 11) is -2.13. The molecule has 3 heterocycles. The summed E-state index contributed by atoms with van der Waals surface area (Å²) < 4.78 is 68.6. The summed E-state index contributed by atoms with van der Waals surface area (Å²) in [6.45, 7) is 1.34. The van der Waals surface area contributed by atoms with E-state index < -0.39 is 16.3 Å². The van der Waals surface area contributed by atoms with Gasteiger partial charge in [-0.15, -0.1) is 20.1 Å². The van der Waals surface area contributed by atoms with Crippen LogP contribution in [0, 0.1) is 0 Å². The van der Waals surface area contributed by atoms with Gasteiger partial charge in [-0.1, -0.05) is 30.3 Å². The normalized spacial score (nSPS) is 15.6. The zero-order valence-electron chi connectivity index (χ0n) is 25.9. The summed E-state index contributed by atoms with van der Waals surface area (Å²) in [4.78, 5) is 23.6. The molecule has 0 atom stereocenters. The zero-order chi connectivity index (χ0) is 34.3. The van der Waals surface area contributed by atoms with E-state index in [4.69, 9.17) is 10.5 Å². The number of amides is 2. The van der Waals surface area contributed by atoms with Crippen molar-refractivity contribution in [2.24, 2.45) is 5.73 Å². The quantitative estimate of drug-likeness (QED) is 0.215. The summed E-state index contributed by atoms with van der Waals surface area (Å²) in [6, 6.07) is 23.5. The number of carbonyl (C=O) groups excluding carboxylic acids is 2. The van der Waals surface area contributed by atoms with Crippen LogP contribution in [0.3, 0.4) is 0 Å². The number of fused-ring (bicyclic) bond motifs is 1. The number of primary amides is 1. The molecular formula is C33H34F2N4O7S2. The number of nitrogens with zero attached hydrogens (tertiary/aromatic N) is 1. The Morgan fingerprint density at radius 1 is 0.938 bits per heavy atom. The fraction of sp³-hybridized carbons (Fsp3) is 0.273. The van der Waals surface area contributed by atoms with Gasteiger partial charge in [-0.25, -0.2) is 8.42 Å². The predicted molar refractivity (Wildman–Crippen MR) is 175 cm³/mol. The number of halogens is 2. The molecule has 254 valence electrons. The third-order valence-corrected chi connectivity index (χ3v) is 11.0. The van der Waals surface area contributed by atoms with Crippen molar-refractivity contribution in [3.8, 4) is 17.2 Å². The molecule has 2 aliphatic rings. The molecule has 1 aromatic heterocycles. The van der Waals surface area contributed by atoms with Crippen molar-refractivity contribution in [1.82, 2.24) is 14.9 Å². The first kappa shape index (κ1) is 34.8. The number of hydrogen-bond donors (Lipinski definition) is 3.